The minimum Gasteiger partial charge on any atom is -0.389 e. The van der Waals surface area contributed by atoms with Gasteiger partial charge in [0, 0.05) is 12.0 Å². The SMILES string of the molecule is CC(C)(C)C1CCCC(O)(C2(CN)CC3CCC2O3)CC1. The summed E-state index contributed by atoms with van der Waals surface area (Å²) < 4.78 is 6.09. The topological polar surface area (TPSA) is 55.5 Å². The summed E-state index contributed by atoms with van der Waals surface area (Å²) in [5.41, 5.74) is 5.76. The average Bonchev–Trinajstić information content (AvgIpc) is 2.95. The van der Waals surface area contributed by atoms with Gasteiger partial charge in [0.1, 0.15) is 0 Å². The van der Waals surface area contributed by atoms with Crippen LogP contribution in [-0.2, 0) is 4.74 Å². The zero-order chi connectivity index (χ0) is 15.3. The van der Waals surface area contributed by atoms with Crippen LogP contribution in [0.15, 0.2) is 0 Å². The van der Waals surface area contributed by atoms with Gasteiger partial charge in [0.2, 0.25) is 0 Å². The van der Waals surface area contributed by atoms with Crippen LogP contribution in [0.3, 0.4) is 0 Å². The molecule has 3 N–H and O–H groups in total. The molecule has 0 radical (unpaired) electrons. The first-order chi connectivity index (χ1) is 9.81. The molecule has 3 nitrogen and oxygen atoms in total. The van der Waals surface area contributed by atoms with E-state index < -0.39 is 5.60 Å². The van der Waals surface area contributed by atoms with Crippen LogP contribution >= 0.6 is 0 Å². The zero-order valence-corrected chi connectivity index (χ0v) is 14.0. The fraction of sp³-hybridized carbons (Fsp3) is 1.00. The van der Waals surface area contributed by atoms with Crippen LogP contribution in [0.1, 0.15) is 72.1 Å². The van der Waals surface area contributed by atoms with Gasteiger partial charge in [0.15, 0.2) is 0 Å². The molecule has 21 heavy (non-hydrogen) atoms. The predicted molar refractivity (Wildman–Crippen MR) is 85.0 cm³/mol. The van der Waals surface area contributed by atoms with Gasteiger partial charge in [-0.25, -0.2) is 0 Å². The molecule has 0 spiro atoms. The van der Waals surface area contributed by atoms with Crippen LogP contribution in [0, 0.1) is 16.7 Å². The first-order valence-electron chi connectivity index (χ1n) is 8.89. The van der Waals surface area contributed by atoms with Crippen molar-refractivity contribution >= 4 is 0 Å². The van der Waals surface area contributed by atoms with E-state index in [4.69, 9.17) is 10.5 Å². The summed E-state index contributed by atoms with van der Waals surface area (Å²) in [5.74, 6) is 0.709. The minimum atomic E-state index is -0.610. The lowest BCUT2D eigenvalue weighted by atomic mass is 9.60. The van der Waals surface area contributed by atoms with E-state index >= 15 is 0 Å². The Morgan fingerprint density at radius 2 is 1.90 bits per heavy atom. The van der Waals surface area contributed by atoms with Crippen LogP contribution < -0.4 is 5.73 Å². The Kier molecular flexibility index (Phi) is 3.91. The van der Waals surface area contributed by atoms with E-state index in [2.05, 4.69) is 20.8 Å². The van der Waals surface area contributed by atoms with Crippen molar-refractivity contribution in [3.05, 3.63) is 0 Å². The standard InChI is InChI=1S/C18H33NO2/c1-16(2,3)13-5-4-9-18(20,10-8-13)17(12-19)11-14-6-7-15(17)21-14/h13-15,20H,4-12,19H2,1-3H3. The molecule has 3 aliphatic rings. The normalized spacial score (nSPS) is 47.6. The van der Waals surface area contributed by atoms with Gasteiger partial charge in [-0.2, -0.15) is 0 Å². The molecule has 3 rings (SSSR count). The van der Waals surface area contributed by atoms with E-state index in [1.165, 1.54) is 6.42 Å². The average molecular weight is 295 g/mol. The van der Waals surface area contributed by atoms with E-state index in [1.807, 2.05) is 0 Å². The summed E-state index contributed by atoms with van der Waals surface area (Å²) in [5, 5.41) is 11.5. The number of ether oxygens (including phenoxy) is 1. The fourth-order valence-electron chi connectivity index (χ4n) is 5.38. The summed E-state index contributed by atoms with van der Waals surface area (Å²) >= 11 is 0. The van der Waals surface area contributed by atoms with Crippen LogP contribution in [0.5, 0.6) is 0 Å². The molecule has 3 heteroatoms. The molecule has 3 fully saturated rings. The summed E-state index contributed by atoms with van der Waals surface area (Å²) in [6, 6.07) is 0. The molecular weight excluding hydrogens is 262 g/mol. The Labute approximate surface area is 129 Å². The summed E-state index contributed by atoms with van der Waals surface area (Å²) in [4.78, 5) is 0. The Morgan fingerprint density at radius 1 is 1.14 bits per heavy atom. The van der Waals surface area contributed by atoms with E-state index in [9.17, 15) is 5.11 Å². The third-order valence-electron chi connectivity index (χ3n) is 6.88. The molecule has 2 aliphatic heterocycles. The van der Waals surface area contributed by atoms with Gasteiger partial charge >= 0.3 is 0 Å². The van der Waals surface area contributed by atoms with Crippen molar-refractivity contribution < 1.29 is 9.84 Å². The molecule has 2 bridgehead atoms. The minimum absolute atomic E-state index is 0.178. The lowest BCUT2D eigenvalue weighted by Gasteiger charge is -2.48. The second kappa shape index (κ2) is 5.21. The number of aliphatic hydroxyl groups is 1. The Balaban J connectivity index is 1.80. The van der Waals surface area contributed by atoms with E-state index in [0.29, 0.717) is 24.0 Å². The van der Waals surface area contributed by atoms with Crippen molar-refractivity contribution in [2.24, 2.45) is 22.5 Å². The van der Waals surface area contributed by atoms with Crippen molar-refractivity contribution in [3.8, 4) is 0 Å². The first kappa shape index (κ1) is 15.8. The van der Waals surface area contributed by atoms with Crippen LogP contribution in [-0.4, -0.2) is 29.5 Å². The highest BCUT2D eigenvalue weighted by Gasteiger charge is 2.61. The highest BCUT2D eigenvalue weighted by Crippen LogP contribution is 2.57. The molecule has 0 aromatic rings. The Hall–Kier alpha value is -0.120. The number of hydrogen-bond acceptors (Lipinski definition) is 3. The fourth-order valence-corrected chi connectivity index (χ4v) is 5.38. The third-order valence-corrected chi connectivity index (χ3v) is 6.88. The van der Waals surface area contributed by atoms with Crippen LogP contribution in [0.25, 0.3) is 0 Å². The first-order valence-corrected chi connectivity index (χ1v) is 8.89. The highest BCUT2D eigenvalue weighted by molar-refractivity contribution is 5.12. The van der Waals surface area contributed by atoms with Gasteiger partial charge in [-0.3, -0.25) is 0 Å². The summed E-state index contributed by atoms with van der Waals surface area (Å²) in [6.45, 7) is 7.58. The molecule has 0 aromatic heterocycles. The van der Waals surface area contributed by atoms with Gasteiger partial charge in [-0.1, -0.05) is 27.2 Å². The van der Waals surface area contributed by atoms with Crippen molar-refractivity contribution in [2.45, 2.75) is 89.9 Å². The number of fused-ring (bicyclic) bond motifs is 2. The van der Waals surface area contributed by atoms with E-state index in [-0.39, 0.29) is 11.5 Å². The number of rotatable bonds is 2. The molecule has 2 saturated heterocycles. The van der Waals surface area contributed by atoms with Gasteiger partial charge in [-0.05, 0) is 56.3 Å². The molecule has 0 aromatic carbocycles. The van der Waals surface area contributed by atoms with E-state index in [1.54, 1.807) is 0 Å². The van der Waals surface area contributed by atoms with Crippen molar-refractivity contribution in [3.63, 3.8) is 0 Å². The molecular formula is C18H33NO2. The second-order valence-electron chi connectivity index (χ2n) is 8.91. The molecule has 2 heterocycles. The maximum absolute atomic E-state index is 11.5. The quantitative estimate of drug-likeness (QED) is 0.769. The molecule has 122 valence electrons. The van der Waals surface area contributed by atoms with E-state index in [0.717, 1.165) is 44.9 Å². The smallest absolute Gasteiger partial charge is 0.0741 e. The van der Waals surface area contributed by atoms with Crippen LogP contribution in [0.2, 0.25) is 0 Å². The molecule has 1 saturated carbocycles. The van der Waals surface area contributed by atoms with Crippen LogP contribution in [0.4, 0.5) is 0 Å². The molecule has 5 atom stereocenters. The van der Waals surface area contributed by atoms with Crippen molar-refractivity contribution in [2.75, 3.05) is 6.54 Å². The maximum atomic E-state index is 11.5. The van der Waals surface area contributed by atoms with Gasteiger partial charge < -0.3 is 15.6 Å². The second-order valence-corrected chi connectivity index (χ2v) is 8.91. The van der Waals surface area contributed by atoms with Gasteiger partial charge in [0.25, 0.3) is 0 Å². The Morgan fingerprint density at radius 3 is 2.43 bits per heavy atom. The van der Waals surface area contributed by atoms with Gasteiger partial charge in [0.05, 0.1) is 17.8 Å². The molecule has 5 unspecified atom stereocenters. The lowest BCUT2D eigenvalue weighted by Crippen LogP contribution is -2.57. The van der Waals surface area contributed by atoms with Crippen molar-refractivity contribution in [1.82, 2.24) is 0 Å². The monoisotopic (exact) mass is 295 g/mol. The number of nitrogens with two attached hydrogens (primary N) is 1. The lowest BCUT2D eigenvalue weighted by molar-refractivity contribution is -0.121. The summed E-state index contributed by atoms with van der Waals surface area (Å²) in [6.07, 6.45) is 9.07. The third kappa shape index (κ3) is 2.46. The van der Waals surface area contributed by atoms with Crippen molar-refractivity contribution in [1.29, 1.82) is 0 Å². The predicted octanol–water partition coefficient (Wildman–Crippen LogP) is 3.24. The largest absolute Gasteiger partial charge is 0.389 e. The molecule has 0 amide bonds. The molecule has 1 aliphatic carbocycles. The number of hydrogen-bond donors (Lipinski definition) is 2. The van der Waals surface area contributed by atoms with Gasteiger partial charge in [-0.15, -0.1) is 0 Å². The maximum Gasteiger partial charge on any atom is 0.0741 e. The highest BCUT2D eigenvalue weighted by atomic mass is 16.5. The zero-order valence-electron chi connectivity index (χ0n) is 14.0. The Bertz CT molecular complexity index is 391. The summed E-state index contributed by atoms with van der Waals surface area (Å²) in [7, 11) is 0.